The molecule has 1 fully saturated rings. The van der Waals surface area contributed by atoms with Crippen LogP contribution < -0.4 is 5.32 Å². The van der Waals surface area contributed by atoms with Crippen molar-refractivity contribution < 1.29 is 9.90 Å². The summed E-state index contributed by atoms with van der Waals surface area (Å²) < 4.78 is 0.762. The van der Waals surface area contributed by atoms with E-state index < -0.39 is 0 Å². The third-order valence-electron chi connectivity index (χ3n) is 2.97. The molecule has 1 atom stereocenters. The zero-order valence-electron chi connectivity index (χ0n) is 9.74. The average Bonchev–Trinajstić information content (AvgIpc) is 3.00. The van der Waals surface area contributed by atoms with Gasteiger partial charge in [0, 0.05) is 10.5 Å². The van der Waals surface area contributed by atoms with E-state index in [0.717, 1.165) is 16.8 Å². The minimum atomic E-state index is -0.205. The molecule has 17 heavy (non-hydrogen) atoms. The number of phenols is 1. The molecule has 1 aliphatic carbocycles. The van der Waals surface area contributed by atoms with Gasteiger partial charge in [-0.3, -0.25) is 4.79 Å². The van der Waals surface area contributed by atoms with Crippen molar-refractivity contribution in [3.05, 3.63) is 28.2 Å². The second-order valence-electron chi connectivity index (χ2n) is 4.72. The van der Waals surface area contributed by atoms with Gasteiger partial charge in [0.15, 0.2) is 0 Å². The van der Waals surface area contributed by atoms with Crippen molar-refractivity contribution in [2.75, 3.05) is 0 Å². The summed E-state index contributed by atoms with van der Waals surface area (Å²) in [6.45, 7) is 2.01. The Morgan fingerprint density at radius 2 is 2.29 bits per heavy atom. The van der Waals surface area contributed by atoms with E-state index in [-0.39, 0.29) is 17.7 Å². The molecule has 1 aromatic carbocycles. The van der Waals surface area contributed by atoms with Crippen molar-refractivity contribution in [2.45, 2.75) is 32.2 Å². The number of hydrogen-bond acceptors (Lipinski definition) is 2. The van der Waals surface area contributed by atoms with Crippen LogP contribution in [0.2, 0.25) is 0 Å². The van der Waals surface area contributed by atoms with Crippen LogP contribution in [0.5, 0.6) is 5.75 Å². The molecule has 0 bridgehead atoms. The van der Waals surface area contributed by atoms with Gasteiger partial charge in [-0.15, -0.1) is 0 Å². The molecule has 92 valence electrons. The van der Waals surface area contributed by atoms with E-state index in [1.54, 1.807) is 12.1 Å². The molecule has 0 saturated heterocycles. The fourth-order valence-corrected chi connectivity index (χ4v) is 2.26. The Labute approximate surface area is 109 Å². The zero-order chi connectivity index (χ0) is 12.4. The fraction of sp³-hybridized carbons (Fsp3) is 0.462. The van der Waals surface area contributed by atoms with Crippen molar-refractivity contribution in [3.63, 3.8) is 0 Å². The first-order valence-corrected chi connectivity index (χ1v) is 6.65. The summed E-state index contributed by atoms with van der Waals surface area (Å²) in [5.74, 6) is 0.586. The first-order valence-electron chi connectivity index (χ1n) is 5.85. The number of carbonyl (C=O) groups is 1. The highest BCUT2D eigenvalue weighted by molar-refractivity contribution is 9.10. The Morgan fingerprint density at radius 3 is 2.88 bits per heavy atom. The molecule has 1 unspecified atom stereocenters. The summed E-state index contributed by atoms with van der Waals surface area (Å²) in [4.78, 5) is 11.9. The van der Waals surface area contributed by atoms with Gasteiger partial charge in [0.2, 0.25) is 0 Å². The molecule has 0 aromatic heterocycles. The quantitative estimate of drug-likeness (QED) is 0.897. The summed E-state index contributed by atoms with van der Waals surface area (Å²) in [5.41, 5.74) is 0.329. The molecule has 3 nitrogen and oxygen atoms in total. The Morgan fingerprint density at radius 1 is 1.59 bits per heavy atom. The van der Waals surface area contributed by atoms with E-state index in [1.807, 2.05) is 6.92 Å². The van der Waals surface area contributed by atoms with E-state index in [4.69, 9.17) is 0 Å². The molecule has 1 amide bonds. The number of halogens is 1. The molecular formula is C13H16BrNO2. The number of aromatic hydroxyl groups is 1. The van der Waals surface area contributed by atoms with Gasteiger partial charge in [-0.05, 0) is 37.5 Å². The van der Waals surface area contributed by atoms with Gasteiger partial charge < -0.3 is 10.4 Å². The topological polar surface area (TPSA) is 49.3 Å². The fourth-order valence-electron chi connectivity index (χ4n) is 1.91. The number of amides is 1. The standard InChI is InChI=1S/C13H16BrNO2/c1-8(6-9-2-3-9)15-13(17)11-5-4-10(14)7-12(11)16/h4-5,7-9,16H,2-3,6H2,1H3,(H,15,17). The predicted octanol–water partition coefficient (Wildman–Crippen LogP) is 3.07. The average molecular weight is 298 g/mol. The lowest BCUT2D eigenvalue weighted by Gasteiger charge is -2.14. The normalized spacial score (nSPS) is 16.6. The molecule has 4 heteroatoms. The van der Waals surface area contributed by atoms with Crippen molar-refractivity contribution in [1.29, 1.82) is 0 Å². The van der Waals surface area contributed by atoms with Crippen LogP contribution in [0, 0.1) is 5.92 Å². The number of hydrogen-bond donors (Lipinski definition) is 2. The van der Waals surface area contributed by atoms with Crippen LogP contribution in [-0.2, 0) is 0 Å². The van der Waals surface area contributed by atoms with E-state index >= 15 is 0 Å². The molecule has 1 saturated carbocycles. The van der Waals surface area contributed by atoms with Gasteiger partial charge in [-0.2, -0.15) is 0 Å². The highest BCUT2D eigenvalue weighted by Crippen LogP contribution is 2.33. The van der Waals surface area contributed by atoms with Crippen molar-refractivity contribution in [3.8, 4) is 5.75 Å². The largest absolute Gasteiger partial charge is 0.507 e. The number of nitrogens with one attached hydrogen (secondary N) is 1. The maximum Gasteiger partial charge on any atom is 0.255 e. The molecule has 0 spiro atoms. The minimum Gasteiger partial charge on any atom is -0.507 e. The highest BCUT2D eigenvalue weighted by atomic mass is 79.9. The summed E-state index contributed by atoms with van der Waals surface area (Å²) in [6, 6.07) is 5.07. The second kappa shape index (κ2) is 5.08. The first kappa shape index (κ1) is 12.4. The molecule has 1 aliphatic rings. The summed E-state index contributed by atoms with van der Waals surface area (Å²) in [5, 5.41) is 12.6. The third kappa shape index (κ3) is 3.46. The van der Waals surface area contributed by atoms with Crippen LogP contribution >= 0.6 is 15.9 Å². The SMILES string of the molecule is CC(CC1CC1)NC(=O)c1ccc(Br)cc1O. The number of benzene rings is 1. The highest BCUT2D eigenvalue weighted by Gasteiger charge is 2.24. The van der Waals surface area contributed by atoms with E-state index in [0.29, 0.717) is 5.56 Å². The van der Waals surface area contributed by atoms with Gasteiger partial charge in [0.05, 0.1) is 5.56 Å². The van der Waals surface area contributed by atoms with E-state index in [2.05, 4.69) is 21.2 Å². The molecule has 0 aliphatic heterocycles. The Bertz CT molecular complexity index is 429. The van der Waals surface area contributed by atoms with Crippen LogP contribution in [0.15, 0.2) is 22.7 Å². The lowest BCUT2D eigenvalue weighted by atomic mass is 10.1. The van der Waals surface area contributed by atoms with Crippen molar-refractivity contribution >= 4 is 21.8 Å². The van der Waals surface area contributed by atoms with Gasteiger partial charge >= 0.3 is 0 Å². The summed E-state index contributed by atoms with van der Waals surface area (Å²) >= 11 is 3.25. The van der Waals surface area contributed by atoms with E-state index in [1.165, 1.54) is 18.9 Å². The lowest BCUT2D eigenvalue weighted by Crippen LogP contribution is -2.32. The van der Waals surface area contributed by atoms with Gasteiger partial charge in [0.1, 0.15) is 5.75 Å². The van der Waals surface area contributed by atoms with Crippen LogP contribution in [0.1, 0.15) is 36.5 Å². The lowest BCUT2D eigenvalue weighted by molar-refractivity contribution is 0.0935. The van der Waals surface area contributed by atoms with Gasteiger partial charge in [0.25, 0.3) is 5.91 Å². The van der Waals surface area contributed by atoms with Crippen LogP contribution in [0.3, 0.4) is 0 Å². The number of rotatable bonds is 4. The first-order chi connectivity index (χ1) is 8.06. The molecular weight excluding hydrogens is 282 g/mol. The minimum absolute atomic E-state index is 0.00972. The Hall–Kier alpha value is -1.03. The van der Waals surface area contributed by atoms with Gasteiger partial charge in [-0.25, -0.2) is 0 Å². The molecule has 1 aromatic rings. The van der Waals surface area contributed by atoms with Crippen molar-refractivity contribution in [2.24, 2.45) is 5.92 Å². The monoisotopic (exact) mass is 297 g/mol. The zero-order valence-corrected chi connectivity index (χ0v) is 11.3. The maximum atomic E-state index is 11.9. The van der Waals surface area contributed by atoms with Crippen molar-refractivity contribution in [1.82, 2.24) is 5.32 Å². The number of carbonyl (C=O) groups excluding carboxylic acids is 1. The molecule has 0 radical (unpaired) electrons. The van der Waals surface area contributed by atoms with Crippen LogP contribution in [0.25, 0.3) is 0 Å². The summed E-state index contributed by atoms with van der Waals surface area (Å²) in [7, 11) is 0. The van der Waals surface area contributed by atoms with E-state index in [9.17, 15) is 9.90 Å². The van der Waals surface area contributed by atoms with Crippen LogP contribution in [-0.4, -0.2) is 17.1 Å². The molecule has 2 rings (SSSR count). The third-order valence-corrected chi connectivity index (χ3v) is 3.46. The van der Waals surface area contributed by atoms with Gasteiger partial charge in [-0.1, -0.05) is 28.8 Å². The predicted molar refractivity (Wildman–Crippen MR) is 70.1 cm³/mol. The smallest absolute Gasteiger partial charge is 0.255 e. The summed E-state index contributed by atoms with van der Waals surface area (Å²) in [6.07, 6.45) is 3.59. The maximum absolute atomic E-state index is 11.9. The van der Waals surface area contributed by atoms with Crippen LogP contribution in [0.4, 0.5) is 0 Å². The Kier molecular flexibility index (Phi) is 3.72. The molecule has 0 heterocycles. The molecule has 2 N–H and O–H groups in total. The second-order valence-corrected chi connectivity index (χ2v) is 5.63. The Balaban J connectivity index is 1.98. The number of phenolic OH excluding ortho intramolecular Hbond substituents is 1.